The number of imidazole rings is 1. The van der Waals surface area contributed by atoms with Crippen molar-refractivity contribution in [2.45, 2.75) is 58.3 Å². The van der Waals surface area contributed by atoms with E-state index in [1.54, 1.807) is 0 Å². The minimum atomic E-state index is 0.577. The van der Waals surface area contributed by atoms with Gasteiger partial charge in [-0.25, -0.2) is 4.98 Å². The highest BCUT2D eigenvalue weighted by atomic mass is 14.9. The molecule has 0 radical (unpaired) electrons. The van der Waals surface area contributed by atoms with Crippen molar-refractivity contribution >= 4 is 0 Å². The van der Waals surface area contributed by atoms with Crippen LogP contribution in [0.3, 0.4) is 0 Å². The third-order valence-electron chi connectivity index (χ3n) is 3.44. The van der Waals surface area contributed by atoms with Crippen LogP contribution in [0.2, 0.25) is 0 Å². The van der Waals surface area contributed by atoms with Gasteiger partial charge in [-0.3, -0.25) is 0 Å². The average molecular weight is 192 g/mol. The van der Waals surface area contributed by atoms with Crippen LogP contribution < -0.4 is 0 Å². The molecule has 0 aliphatic heterocycles. The van der Waals surface area contributed by atoms with Gasteiger partial charge >= 0.3 is 0 Å². The second-order valence-electron chi connectivity index (χ2n) is 4.59. The monoisotopic (exact) mass is 192 g/mol. The minimum absolute atomic E-state index is 0.577. The Morgan fingerprint density at radius 3 is 3.00 bits per heavy atom. The van der Waals surface area contributed by atoms with Crippen LogP contribution in [0.25, 0.3) is 0 Å². The first-order valence-electron chi connectivity index (χ1n) is 5.81. The fraction of sp³-hybridized carbons (Fsp3) is 0.750. The highest BCUT2D eigenvalue weighted by Gasteiger charge is 2.21. The first-order valence-corrected chi connectivity index (χ1v) is 5.81. The van der Waals surface area contributed by atoms with Crippen LogP contribution in [0.5, 0.6) is 0 Å². The maximum Gasteiger partial charge on any atom is 0.109 e. The summed E-state index contributed by atoms with van der Waals surface area (Å²) in [6, 6.07) is 0. The molecule has 0 aromatic carbocycles. The summed E-state index contributed by atoms with van der Waals surface area (Å²) >= 11 is 0. The Morgan fingerprint density at radius 2 is 2.36 bits per heavy atom. The lowest BCUT2D eigenvalue weighted by molar-refractivity contribution is 0.574. The fourth-order valence-electron chi connectivity index (χ4n) is 2.19. The van der Waals surface area contributed by atoms with Gasteiger partial charge in [0.15, 0.2) is 0 Å². The van der Waals surface area contributed by atoms with Gasteiger partial charge in [0.05, 0.1) is 5.69 Å². The van der Waals surface area contributed by atoms with E-state index in [1.165, 1.54) is 42.9 Å². The lowest BCUT2D eigenvalue weighted by Crippen LogP contribution is -2.05. The minimum Gasteiger partial charge on any atom is -0.345 e. The van der Waals surface area contributed by atoms with Crippen molar-refractivity contribution in [2.24, 2.45) is 0 Å². The predicted molar refractivity (Wildman–Crippen MR) is 58.6 cm³/mol. The molecule has 1 heterocycles. The smallest absolute Gasteiger partial charge is 0.109 e. The lowest BCUT2D eigenvalue weighted by Gasteiger charge is -2.15. The molecule has 14 heavy (non-hydrogen) atoms. The van der Waals surface area contributed by atoms with Crippen molar-refractivity contribution in [1.82, 2.24) is 9.97 Å². The van der Waals surface area contributed by atoms with Crippen LogP contribution >= 0.6 is 0 Å². The molecule has 1 aromatic rings. The zero-order valence-electron chi connectivity index (χ0n) is 9.43. The number of aromatic amines is 1. The summed E-state index contributed by atoms with van der Waals surface area (Å²) < 4.78 is 0. The summed E-state index contributed by atoms with van der Waals surface area (Å²) in [4.78, 5) is 8.25. The van der Waals surface area contributed by atoms with Gasteiger partial charge in [0, 0.05) is 17.5 Å². The van der Waals surface area contributed by atoms with Crippen LogP contribution in [0.4, 0.5) is 0 Å². The van der Waals surface area contributed by atoms with Crippen LogP contribution in [0.15, 0.2) is 0 Å². The first-order chi connectivity index (χ1) is 6.72. The normalized spacial score (nSPS) is 23.2. The van der Waals surface area contributed by atoms with Crippen LogP contribution in [-0.2, 0) is 6.42 Å². The number of aromatic nitrogens is 2. The molecule has 1 aliphatic rings. The summed E-state index contributed by atoms with van der Waals surface area (Å²) in [5.74, 6) is 2.44. The number of H-pyrrole nitrogens is 1. The Balaban J connectivity index is 2.30. The van der Waals surface area contributed by atoms with Gasteiger partial charge < -0.3 is 4.98 Å². The molecule has 0 spiro atoms. The van der Waals surface area contributed by atoms with E-state index in [4.69, 9.17) is 4.98 Å². The Hall–Kier alpha value is -0.790. The summed E-state index contributed by atoms with van der Waals surface area (Å²) in [6.45, 7) is 6.75. The number of aryl methyl sites for hydroxylation is 1. The van der Waals surface area contributed by atoms with Crippen molar-refractivity contribution in [3.05, 3.63) is 17.2 Å². The second kappa shape index (κ2) is 3.76. The number of hydrogen-bond acceptors (Lipinski definition) is 1. The topological polar surface area (TPSA) is 28.7 Å². The van der Waals surface area contributed by atoms with E-state index in [2.05, 4.69) is 25.8 Å². The Morgan fingerprint density at radius 1 is 1.57 bits per heavy atom. The van der Waals surface area contributed by atoms with Gasteiger partial charge in [-0.2, -0.15) is 0 Å². The van der Waals surface area contributed by atoms with Crippen molar-refractivity contribution in [1.29, 1.82) is 0 Å². The zero-order chi connectivity index (χ0) is 10.1. The second-order valence-corrected chi connectivity index (χ2v) is 4.59. The highest BCUT2D eigenvalue weighted by Crippen LogP contribution is 2.31. The molecule has 0 saturated heterocycles. The largest absolute Gasteiger partial charge is 0.345 e. The number of nitrogens with zero attached hydrogens (tertiary/aromatic N) is 1. The van der Waals surface area contributed by atoms with Crippen molar-refractivity contribution in [2.75, 3.05) is 0 Å². The molecule has 2 atom stereocenters. The van der Waals surface area contributed by atoms with Crippen LogP contribution in [-0.4, -0.2) is 9.97 Å². The molecule has 2 unspecified atom stereocenters. The molecular formula is C12H20N2. The number of rotatable bonds is 2. The molecule has 0 amide bonds. The average Bonchev–Trinajstić information content (AvgIpc) is 2.62. The first kappa shape index (κ1) is 9.75. The van der Waals surface area contributed by atoms with E-state index in [0.717, 1.165) is 0 Å². The molecule has 2 nitrogen and oxygen atoms in total. The molecule has 2 heteroatoms. The summed E-state index contributed by atoms with van der Waals surface area (Å²) in [5.41, 5.74) is 2.74. The lowest BCUT2D eigenvalue weighted by atomic mass is 9.92. The maximum atomic E-state index is 4.75. The molecule has 0 saturated carbocycles. The number of nitrogens with one attached hydrogen (secondary N) is 1. The molecule has 1 aliphatic carbocycles. The third kappa shape index (κ3) is 1.58. The summed E-state index contributed by atoms with van der Waals surface area (Å²) in [5, 5.41) is 0. The van der Waals surface area contributed by atoms with E-state index in [0.29, 0.717) is 11.8 Å². The number of hydrogen-bond donors (Lipinski definition) is 1. The molecule has 2 rings (SSSR count). The molecule has 78 valence electrons. The Labute approximate surface area is 86.1 Å². The third-order valence-corrected chi connectivity index (χ3v) is 3.44. The van der Waals surface area contributed by atoms with Gasteiger partial charge in [0.25, 0.3) is 0 Å². The van der Waals surface area contributed by atoms with E-state index in [9.17, 15) is 0 Å². The van der Waals surface area contributed by atoms with E-state index < -0.39 is 0 Å². The molecule has 0 bridgehead atoms. The number of fused-ring (bicyclic) bond motifs is 1. The van der Waals surface area contributed by atoms with Crippen LogP contribution in [0.1, 0.15) is 69.1 Å². The van der Waals surface area contributed by atoms with Gasteiger partial charge in [0.2, 0.25) is 0 Å². The molecule has 0 fully saturated rings. The summed E-state index contributed by atoms with van der Waals surface area (Å²) in [7, 11) is 0. The van der Waals surface area contributed by atoms with E-state index in [1.807, 2.05) is 0 Å². The molecule has 1 N–H and O–H groups in total. The van der Waals surface area contributed by atoms with Crippen molar-refractivity contribution in [3.63, 3.8) is 0 Å². The van der Waals surface area contributed by atoms with E-state index in [-0.39, 0.29) is 0 Å². The molecular weight excluding hydrogens is 172 g/mol. The van der Waals surface area contributed by atoms with Gasteiger partial charge in [0.1, 0.15) is 5.82 Å². The van der Waals surface area contributed by atoms with Crippen molar-refractivity contribution in [3.8, 4) is 0 Å². The summed E-state index contributed by atoms with van der Waals surface area (Å²) in [6.07, 6.45) is 4.98. The van der Waals surface area contributed by atoms with Crippen molar-refractivity contribution < 1.29 is 0 Å². The van der Waals surface area contributed by atoms with Crippen LogP contribution in [0, 0.1) is 0 Å². The van der Waals surface area contributed by atoms with Gasteiger partial charge in [-0.1, -0.05) is 20.8 Å². The highest BCUT2D eigenvalue weighted by molar-refractivity contribution is 5.22. The Kier molecular flexibility index (Phi) is 2.62. The van der Waals surface area contributed by atoms with E-state index >= 15 is 0 Å². The Bertz CT molecular complexity index is 314. The standard InChI is InChI=1S/C12H20N2/c1-4-8(2)12-13-10-7-5-6-9(3)11(10)14-12/h8-9H,4-7H2,1-3H3,(H,13,14). The van der Waals surface area contributed by atoms with Gasteiger partial charge in [-0.15, -0.1) is 0 Å². The fourth-order valence-corrected chi connectivity index (χ4v) is 2.19. The molecule has 1 aromatic heterocycles. The zero-order valence-corrected chi connectivity index (χ0v) is 9.43. The van der Waals surface area contributed by atoms with Gasteiger partial charge in [-0.05, 0) is 25.7 Å². The maximum absolute atomic E-state index is 4.75. The SMILES string of the molecule is CCC(C)c1nc2c([nH]1)CCCC2C. The quantitative estimate of drug-likeness (QED) is 0.764. The predicted octanol–water partition coefficient (Wildman–Crippen LogP) is 3.36.